The van der Waals surface area contributed by atoms with Gasteiger partial charge in [0.05, 0.1) is 0 Å². The Bertz CT molecular complexity index is 705. The minimum atomic E-state index is -4.01. The summed E-state index contributed by atoms with van der Waals surface area (Å²) in [5.41, 5.74) is 4.23. The lowest BCUT2D eigenvalue weighted by molar-refractivity contribution is -0.144. The van der Waals surface area contributed by atoms with E-state index in [0.29, 0.717) is 6.42 Å². The molecule has 1 aromatic heterocycles. The molecule has 12 heteroatoms. The van der Waals surface area contributed by atoms with E-state index >= 15 is 0 Å². The minimum absolute atomic E-state index is 0. The molecule has 0 bridgehead atoms. The van der Waals surface area contributed by atoms with Crippen molar-refractivity contribution in [2.45, 2.75) is 32.1 Å². The van der Waals surface area contributed by atoms with Gasteiger partial charge in [-0.05, 0) is 24.9 Å². The van der Waals surface area contributed by atoms with E-state index in [2.05, 4.69) is 9.71 Å². The first-order valence-corrected chi connectivity index (χ1v) is 9.16. The lowest BCUT2D eigenvalue weighted by Gasteiger charge is -2.25. The number of hydrogen-bond acceptors (Lipinski definition) is 7. The molecule has 2 heterocycles. The highest BCUT2D eigenvalue weighted by Gasteiger charge is 2.52. The molecule has 26 heavy (non-hydrogen) atoms. The Kier molecular flexibility index (Phi) is 7.53. The second kappa shape index (κ2) is 8.78. The van der Waals surface area contributed by atoms with Crippen molar-refractivity contribution in [3.05, 3.63) is 24.4 Å². The second-order valence-electron chi connectivity index (χ2n) is 6.07. The van der Waals surface area contributed by atoms with Gasteiger partial charge < -0.3 is 20.9 Å². The number of carboxylic acid groups (broad SMARTS) is 1. The van der Waals surface area contributed by atoms with Gasteiger partial charge in [0.25, 0.3) is 0 Å². The number of carboxylic acids is 1. The lowest BCUT2D eigenvalue weighted by atomic mass is 9.78. The molecule has 10 nitrogen and oxygen atoms in total. The normalized spacial score (nSPS) is 23.3. The SMILES string of the molecule is C.N[C@@]1(C(=O)O)CN(S(=O)(=O)Nc2ccccn2)C[C@@H]1CCCB(O)O. The summed E-state index contributed by atoms with van der Waals surface area (Å²) in [7, 11) is -5.51. The molecule has 0 aliphatic carbocycles. The monoisotopic (exact) mass is 388 g/mol. The van der Waals surface area contributed by atoms with Crippen molar-refractivity contribution in [3.8, 4) is 0 Å². The van der Waals surface area contributed by atoms with Crippen LogP contribution in [0.4, 0.5) is 5.82 Å². The fourth-order valence-corrected chi connectivity index (χ4v) is 4.11. The fraction of sp³-hybridized carbons (Fsp3) is 0.571. The van der Waals surface area contributed by atoms with Crippen LogP contribution in [-0.2, 0) is 15.0 Å². The molecule has 0 unspecified atom stereocenters. The van der Waals surface area contributed by atoms with Gasteiger partial charge in [0.1, 0.15) is 11.4 Å². The molecule has 2 atom stereocenters. The van der Waals surface area contributed by atoms with Crippen molar-refractivity contribution in [1.29, 1.82) is 0 Å². The molecule has 0 spiro atoms. The summed E-state index contributed by atoms with van der Waals surface area (Å²) in [5.74, 6) is -1.83. The molecule has 1 aliphatic rings. The summed E-state index contributed by atoms with van der Waals surface area (Å²) < 4.78 is 28.2. The van der Waals surface area contributed by atoms with Gasteiger partial charge in [-0.2, -0.15) is 12.7 Å². The van der Waals surface area contributed by atoms with Crippen LogP contribution >= 0.6 is 0 Å². The first kappa shape index (κ1) is 22.3. The van der Waals surface area contributed by atoms with Crippen LogP contribution in [-0.4, -0.2) is 64.6 Å². The van der Waals surface area contributed by atoms with Crippen LogP contribution < -0.4 is 10.5 Å². The summed E-state index contributed by atoms with van der Waals surface area (Å²) in [6, 6.07) is 4.72. The number of nitrogens with two attached hydrogens (primary N) is 1. The van der Waals surface area contributed by atoms with E-state index in [1.54, 1.807) is 12.1 Å². The summed E-state index contributed by atoms with van der Waals surface area (Å²) in [6.07, 6.45) is 2.06. The maximum Gasteiger partial charge on any atom is 0.451 e. The number of aromatic nitrogens is 1. The zero-order valence-electron chi connectivity index (χ0n) is 13.4. The fourth-order valence-electron chi connectivity index (χ4n) is 2.84. The molecule has 146 valence electrons. The third-order valence-corrected chi connectivity index (χ3v) is 5.67. The largest absolute Gasteiger partial charge is 0.480 e. The number of carbonyl (C=O) groups is 1. The van der Waals surface area contributed by atoms with Gasteiger partial charge in [-0.15, -0.1) is 0 Å². The summed E-state index contributed by atoms with van der Waals surface area (Å²) >= 11 is 0. The van der Waals surface area contributed by atoms with Crippen molar-refractivity contribution in [2.75, 3.05) is 17.8 Å². The lowest BCUT2D eigenvalue weighted by Crippen LogP contribution is -2.55. The summed E-state index contributed by atoms with van der Waals surface area (Å²) in [5, 5.41) is 27.2. The van der Waals surface area contributed by atoms with Crippen LogP contribution in [0.2, 0.25) is 6.32 Å². The third-order valence-electron chi connectivity index (χ3n) is 4.24. The number of rotatable bonds is 8. The van der Waals surface area contributed by atoms with Crippen molar-refractivity contribution < 1.29 is 28.4 Å². The van der Waals surface area contributed by atoms with E-state index in [0.717, 1.165) is 4.31 Å². The minimum Gasteiger partial charge on any atom is -0.480 e. The summed E-state index contributed by atoms with van der Waals surface area (Å²) in [4.78, 5) is 15.5. The summed E-state index contributed by atoms with van der Waals surface area (Å²) in [6.45, 7) is -0.455. The Balaban J connectivity index is 0.00000338. The molecule has 1 saturated heterocycles. The van der Waals surface area contributed by atoms with Crippen LogP contribution in [0.1, 0.15) is 20.3 Å². The highest BCUT2D eigenvalue weighted by molar-refractivity contribution is 7.90. The zero-order valence-corrected chi connectivity index (χ0v) is 14.3. The molecule has 0 saturated carbocycles. The van der Waals surface area contributed by atoms with Crippen LogP contribution in [0.25, 0.3) is 0 Å². The zero-order chi connectivity index (χ0) is 18.7. The maximum absolute atomic E-state index is 12.5. The average Bonchev–Trinajstić information content (AvgIpc) is 2.87. The molecule has 0 radical (unpaired) electrons. The Labute approximate surface area is 153 Å². The first-order chi connectivity index (χ1) is 11.6. The van der Waals surface area contributed by atoms with E-state index in [1.807, 2.05) is 0 Å². The number of pyridine rings is 1. The predicted octanol–water partition coefficient (Wildman–Crippen LogP) is -0.659. The molecular weight excluding hydrogens is 363 g/mol. The number of anilines is 1. The van der Waals surface area contributed by atoms with Gasteiger partial charge in [-0.25, -0.2) is 4.98 Å². The molecule has 6 N–H and O–H groups in total. The third kappa shape index (κ3) is 5.14. The number of nitrogens with zero attached hydrogens (tertiary/aromatic N) is 2. The first-order valence-electron chi connectivity index (χ1n) is 7.72. The number of hydrogen-bond donors (Lipinski definition) is 5. The van der Waals surface area contributed by atoms with Gasteiger partial charge in [-0.1, -0.05) is 19.9 Å². The van der Waals surface area contributed by atoms with Gasteiger partial charge in [0, 0.05) is 25.2 Å². The van der Waals surface area contributed by atoms with Crippen LogP contribution in [0.5, 0.6) is 0 Å². The van der Waals surface area contributed by atoms with E-state index in [9.17, 15) is 18.3 Å². The Morgan fingerprint density at radius 1 is 1.46 bits per heavy atom. The number of nitrogens with one attached hydrogen (secondary N) is 1. The highest BCUT2D eigenvalue weighted by Crippen LogP contribution is 2.32. The Morgan fingerprint density at radius 2 is 2.15 bits per heavy atom. The van der Waals surface area contributed by atoms with Gasteiger partial charge in [0.15, 0.2) is 0 Å². The van der Waals surface area contributed by atoms with Gasteiger partial charge in [0.2, 0.25) is 0 Å². The van der Waals surface area contributed by atoms with E-state index in [-0.39, 0.29) is 39.1 Å². The molecule has 1 fully saturated rings. The maximum atomic E-state index is 12.5. The molecule has 0 amide bonds. The quantitative estimate of drug-likeness (QED) is 0.366. The molecule has 1 aromatic rings. The van der Waals surface area contributed by atoms with Crippen molar-refractivity contribution in [2.24, 2.45) is 11.7 Å². The van der Waals surface area contributed by atoms with Crippen molar-refractivity contribution in [3.63, 3.8) is 0 Å². The predicted molar refractivity (Wildman–Crippen MR) is 97.4 cm³/mol. The van der Waals surface area contributed by atoms with Crippen molar-refractivity contribution in [1.82, 2.24) is 9.29 Å². The van der Waals surface area contributed by atoms with E-state index in [1.165, 1.54) is 12.3 Å². The molecular formula is C14H25BN4O6S. The average molecular weight is 388 g/mol. The van der Waals surface area contributed by atoms with E-state index in [4.69, 9.17) is 15.8 Å². The highest BCUT2D eigenvalue weighted by atomic mass is 32.2. The topological polar surface area (TPSA) is 166 Å². The molecule has 0 aromatic carbocycles. The van der Waals surface area contributed by atoms with E-state index < -0.39 is 34.8 Å². The molecule has 2 rings (SSSR count). The molecule has 1 aliphatic heterocycles. The Morgan fingerprint density at radius 3 is 2.69 bits per heavy atom. The van der Waals surface area contributed by atoms with Crippen LogP contribution in [0.15, 0.2) is 24.4 Å². The Hall–Kier alpha value is -1.73. The standard InChI is InChI=1S/C13H21BN4O6S.CH4/c15-13(12(19)20)9-18(8-10(13)4-3-6-14(21)22)25(23,24)17-11-5-1-2-7-16-11;/h1-2,5,7,10,21-22H,3-4,6,8-9,15H2,(H,16,17)(H,19,20);1H4/t10-,13-;/m0./s1. The van der Waals surface area contributed by atoms with Gasteiger partial charge in [-0.3, -0.25) is 9.52 Å². The van der Waals surface area contributed by atoms with Gasteiger partial charge >= 0.3 is 23.3 Å². The number of aliphatic carboxylic acids is 1. The smallest absolute Gasteiger partial charge is 0.451 e. The van der Waals surface area contributed by atoms with Crippen molar-refractivity contribution >= 4 is 29.1 Å². The second-order valence-corrected chi connectivity index (χ2v) is 7.74. The van der Waals surface area contributed by atoms with Crippen LogP contribution in [0.3, 0.4) is 0 Å². The van der Waals surface area contributed by atoms with Crippen LogP contribution in [0, 0.1) is 5.92 Å².